The monoisotopic (exact) mass is 257 g/mol. The van der Waals surface area contributed by atoms with Crippen LogP contribution in [0.5, 0.6) is 5.88 Å². The average molecular weight is 258 g/mol. The van der Waals surface area contributed by atoms with Crippen LogP contribution in [0.2, 0.25) is 0 Å². The Morgan fingerprint density at radius 2 is 2.00 bits per heavy atom. The van der Waals surface area contributed by atoms with E-state index in [4.69, 9.17) is 4.74 Å². The van der Waals surface area contributed by atoms with E-state index in [0.717, 1.165) is 15.9 Å². The Balaban J connectivity index is 2.77. The van der Waals surface area contributed by atoms with E-state index in [-0.39, 0.29) is 6.10 Å². The summed E-state index contributed by atoms with van der Waals surface area (Å²) >= 11 is 3.37. The van der Waals surface area contributed by atoms with Gasteiger partial charge < -0.3 is 4.74 Å². The third-order valence-electron chi connectivity index (χ3n) is 2.23. The van der Waals surface area contributed by atoms with Crippen LogP contribution in [0.4, 0.5) is 0 Å². The molecule has 0 aliphatic carbocycles. The third kappa shape index (κ3) is 2.98. The molecule has 0 amide bonds. The van der Waals surface area contributed by atoms with Crippen LogP contribution in [0.15, 0.2) is 16.7 Å². The largest absolute Gasteiger partial charge is 0.474 e. The van der Waals surface area contributed by atoms with Crippen molar-refractivity contribution in [2.75, 3.05) is 0 Å². The molecule has 0 N–H and O–H groups in total. The van der Waals surface area contributed by atoms with E-state index >= 15 is 0 Å². The molecule has 0 aromatic carbocycles. The molecule has 1 unspecified atom stereocenters. The highest BCUT2D eigenvalue weighted by Crippen LogP contribution is 2.21. The summed E-state index contributed by atoms with van der Waals surface area (Å²) in [4.78, 5) is 4.23. The third-order valence-corrected chi connectivity index (χ3v) is 2.67. The molecular formula is C11H16BrNO. The molecule has 0 spiro atoms. The molecule has 0 bridgehead atoms. The normalized spacial score (nSPS) is 13.0. The fourth-order valence-electron chi connectivity index (χ4n) is 0.963. The van der Waals surface area contributed by atoms with Gasteiger partial charge in [0.05, 0.1) is 6.10 Å². The fourth-order valence-corrected chi connectivity index (χ4v) is 1.41. The summed E-state index contributed by atoms with van der Waals surface area (Å²) in [6, 6.07) is 2.01. The number of aryl methyl sites for hydroxylation is 1. The molecule has 0 radical (unpaired) electrons. The zero-order valence-corrected chi connectivity index (χ0v) is 10.6. The quantitative estimate of drug-likeness (QED) is 0.826. The van der Waals surface area contributed by atoms with Crippen LogP contribution >= 0.6 is 15.9 Å². The van der Waals surface area contributed by atoms with Gasteiger partial charge in [-0.2, -0.15) is 0 Å². The van der Waals surface area contributed by atoms with E-state index < -0.39 is 0 Å². The van der Waals surface area contributed by atoms with Crippen molar-refractivity contribution >= 4 is 15.9 Å². The zero-order valence-electron chi connectivity index (χ0n) is 9.04. The number of ether oxygens (including phenoxy) is 1. The molecule has 14 heavy (non-hydrogen) atoms. The molecule has 1 atom stereocenters. The molecular weight excluding hydrogens is 242 g/mol. The minimum atomic E-state index is 0.197. The summed E-state index contributed by atoms with van der Waals surface area (Å²) in [5.41, 5.74) is 1.06. The number of hydrogen-bond donors (Lipinski definition) is 0. The van der Waals surface area contributed by atoms with Crippen molar-refractivity contribution in [1.82, 2.24) is 4.98 Å². The number of rotatable bonds is 3. The first kappa shape index (κ1) is 11.5. The number of nitrogens with zero attached hydrogens (tertiary/aromatic N) is 1. The Kier molecular flexibility index (Phi) is 3.93. The predicted molar refractivity (Wildman–Crippen MR) is 61.6 cm³/mol. The first-order chi connectivity index (χ1) is 6.50. The SMILES string of the molecule is Cc1cc(Br)cnc1OC(C)C(C)C. The first-order valence-electron chi connectivity index (χ1n) is 4.79. The molecule has 0 aliphatic heterocycles. The van der Waals surface area contributed by atoms with Crippen LogP contribution in [-0.4, -0.2) is 11.1 Å². The van der Waals surface area contributed by atoms with Crippen molar-refractivity contribution in [3.8, 4) is 5.88 Å². The molecule has 0 aliphatic rings. The smallest absolute Gasteiger partial charge is 0.216 e. The van der Waals surface area contributed by atoms with E-state index in [1.54, 1.807) is 6.20 Å². The second-order valence-electron chi connectivity index (χ2n) is 3.84. The topological polar surface area (TPSA) is 22.1 Å². The van der Waals surface area contributed by atoms with E-state index in [2.05, 4.69) is 41.7 Å². The number of halogens is 1. The summed E-state index contributed by atoms with van der Waals surface area (Å²) in [7, 11) is 0. The Morgan fingerprint density at radius 1 is 1.36 bits per heavy atom. The maximum atomic E-state index is 5.73. The van der Waals surface area contributed by atoms with Crippen molar-refractivity contribution in [3.63, 3.8) is 0 Å². The van der Waals surface area contributed by atoms with Gasteiger partial charge in [-0.1, -0.05) is 13.8 Å². The highest BCUT2D eigenvalue weighted by molar-refractivity contribution is 9.10. The molecule has 1 rings (SSSR count). The minimum absolute atomic E-state index is 0.197. The minimum Gasteiger partial charge on any atom is -0.474 e. The molecule has 0 saturated heterocycles. The number of aromatic nitrogens is 1. The number of hydrogen-bond acceptors (Lipinski definition) is 2. The molecule has 1 aromatic rings. The van der Waals surface area contributed by atoms with Gasteiger partial charge in [0.25, 0.3) is 0 Å². The summed E-state index contributed by atoms with van der Waals surface area (Å²) in [5.74, 6) is 1.23. The van der Waals surface area contributed by atoms with E-state index in [9.17, 15) is 0 Å². The molecule has 78 valence electrons. The van der Waals surface area contributed by atoms with Crippen LogP contribution in [0.25, 0.3) is 0 Å². The lowest BCUT2D eigenvalue weighted by atomic mass is 10.1. The van der Waals surface area contributed by atoms with E-state index in [1.165, 1.54) is 0 Å². The molecule has 1 aromatic heterocycles. The molecule has 0 saturated carbocycles. The van der Waals surface area contributed by atoms with Crippen molar-refractivity contribution in [2.45, 2.75) is 33.8 Å². The summed E-state index contributed by atoms with van der Waals surface area (Å²) in [6.45, 7) is 8.34. The van der Waals surface area contributed by atoms with Crippen molar-refractivity contribution < 1.29 is 4.74 Å². The lowest BCUT2D eigenvalue weighted by Crippen LogP contribution is -2.19. The Labute approximate surface area is 93.8 Å². The van der Waals surface area contributed by atoms with Gasteiger partial charge in [-0.15, -0.1) is 0 Å². The van der Waals surface area contributed by atoms with Gasteiger partial charge in [0.1, 0.15) is 0 Å². The van der Waals surface area contributed by atoms with Crippen molar-refractivity contribution in [2.24, 2.45) is 5.92 Å². The second kappa shape index (κ2) is 4.78. The van der Waals surface area contributed by atoms with Crippen LogP contribution in [0.1, 0.15) is 26.3 Å². The van der Waals surface area contributed by atoms with Gasteiger partial charge in [-0.25, -0.2) is 4.98 Å². The molecule has 0 fully saturated rings. The summed E-state index contributed by atoms with van der Waals surface area (Å²) < 4.78 is 6.72. The van der Waals surface area contributed by atoms with E-state index in [1.807, 2.05) is 13.0 Å². The zero-order chi connectivity index (χ0) is 10.7. The van der Waals surface area contributed by atoms with E-state index in [0.29, 0.717) is 5.92 Å². The Bertz CT molecular complexity index is 312. The molecule has 3 heteroatoms. The standard InChI is InChI=1S/C11H16BrNO/c1-7(2)9(4)14-11-8(3)5-10(12)6-13-11/h5-7,9H,1-4H3. The summed E-state index contributed by atoms with van der Waals surface area (Å²) in [6.07, 6.45) is 1.96. The lowest BCUT2D eigenvalue weighted by molar-refractivity contribution is 0.162. The van der Waals surface area contributed by atoms with Crippen LogP contribution in [0.3, 0.4) is 0 Å². The van der Waals surface area contributed by atoms with Gasteiger partial charge in [0.15, 0.2) is 0 Å². The Hall–Kier alpha value is -0.570. The maximum absolute atomic E-state index is 5.73. The van der Waals surface area contributed by atoms with Gasteiger partial charge in [-0.05, 0) is 41.8 Å². The maximum Gasteiger partial charge on any atom is 0.216 e. The molecule has 2 nitrogen and oxygen atoms in total. The highest BCUT2D eigenvalue weighted by Gasteiger charge is 2.11. The van der Waals surface area contributed by atoms with Crippen LogP contribution in [0, 0.1) is 12.8 Å². The van der Waals surface area contributed by atoms with Gasteiger partial charge in [-0.3, -0.25) is 0 Å². The molecule has 1 heterocycles. The van der Waals surface area contributed by atoms with Gasteiger partial charge in [0.2, 0.25) is 5.88 Å². The predicted octanol–water partition coefficient (Wildman–Crippen LogP) is 3.58. The first-order valence-corrected chi connectivity index (χ1v) is 5.59. The van der Waals surface area contributed by atoms with Crippen LogP contribution < -0.4 is 4.74 Å². The highest BCUT2D eigenvalue weighted by atomic mass is 79.9. The van der Waals surface area contributed by atoms with Crippen molar-refractivity contribution in [3.05, 3.63) is 22.3 Å². The van der Waals surface area contributed by atoms with Gasteiger partial charge in [0, 0.05) is 16.2 Å². The van der Waals surface area contributed by atoms with Crippen LogP contribution in [-0.2, 0) is 0 Å². The number of pyridine rings is 1. The Morgan fingerprint density at radius 3 is 2.50 bits per heavy atom. The van der Waals surface area contributed by atoms with Gasteiger partial charge >= 0.3 is 0 Å². The lowest BCUT2D eigenvalue weighted by Gasteiger charge is -2.18. The average Bonchev–Trinajstić information content (AvgIpc) is 2.09. The summed E-state index contributed by atoms with van der Waals surface area (Å²) in [5, 5.41) is 0. The van der Waals surface area contributed by atoms with Crippen molar-refractivity contribution in [1.29, 1.82) is 0 Å². The fraction of sp³-hybridized carbons (Fsp3) is 0.545. The second-order valence-corrected chi connectivity index (χ2v) is 4.76.